The molecule has 0 saturated carbocycles. The first-order valence-corrected chi connectivity index (χ1v) is 6.95. The van der Waals surface area contributed by atoms with Crippen LogP contribution in [0.2, 0.25) is 0 Å². The molecule has 0 aromatic carbocycles. The largest absolute Gasteiger partial charge is 0.102 e. The van der Waals surface area contributed by atoms with Crippen LogP contribution in [-0.2, 0) is 0 Å². The Morgan fingerprint density at radius 2 is 1.00 bits per heavy atom. The van der Waals surface area contributed by atoms with Crippen molar-refractivity contribution in [3.05, 3.63) is 108 Å². The summed E-state index contributed by atoms with van der Waals surface area (Å²) in [6.07, 6.45) is 26.1. The molecule has 4 aliphatic carbocycles. The summed E-state index contributed by atoms with van der Waals surface area (Å²) < 4.78 is 0. The van der Waals surface area contributed by atoms with Crippen molar-refractivity contribution in [3.8, 4) is 0 Å². The van der Waals surface area contributed by atoms with Crippen LogP contribution in [0.15, 0.2) is 108 Å². The zero-order valence-electron chi connectivity index (χ0n) is 11.3. The highest BCUT2D eigenvalue weighted by Crippen LogP contribution is 2.66. The quantitative estimate of drug-likeness (QED) is 0.625. The van der Waals surface area contributed by atoms with Crippen molar-refractivity contribution in [2.75, 3.05) is 0 Å². The minimum absolute atomic E-state index is 0.223. The van der Waals surface area contributed by atoms with Crippen molar-refractivity contribution >= 4 is 0 Å². The first-order chi connectivity index (χ1) is 9.79. The zero-order valence-corrected chi connectivity index (χ0v) is 11.3. The first-order valence-electron chi connectivity index (χ1n) is 6.95. The van der Waals surface area contributed by atoms with Crippen LogP contribution in [0, 0.1) is 10.8 Å². The highest BCUT2D eigenvalue weighted by atomic mass is 14.6. The van der Waals surface area contributed by atoms with Crippen molar-refractivity contribution < 1.29 is 0 Å². The van der Waals surface area contributed by atoms with E-state index in [4.69, 9.17) is 0 Å². The van der Waals surface area contributed by atoms with Gasteiger partial charge >= 0.3 is 0 Å². The van der Waals surface area contributed by atoms with Crippen LogP contribution >= 0.6 is 0 Å². The van der Waals surface area contributed by atoms with Gasteiger partial charge in [-0.2, -0.15) is 0 Å². The van der Waals surface area contributed by atoms with Gasteiger partial charge in [-0.15, -0.1) is 13.2 Å². The normalized spacial score (nSPS) is 35.4. The van der Waals surface area contributed by atoms with Crippen LogP contribution in [0.3, 0.4) is 0 Å². The van der Waals surface area contributed by atoms with E-state index in [-0.39, 0.29) is 10.8 Å². The van der Waals surface area contributed by atoms with Gasteiger partial charge in [0.25, 0.3) is 0 Å². The standard InChI is InChI=1S/C20H16/c1-3-19-15-7-5-8-16(19)12-14-18-10-6-9-17(13-11-15)20(18,19)4-2/h3-14H,1-2H2. The molecule has 0 aromatic rings. The summed E-state index contributed by atoms with van der Waals surface area (Å²) in [5.41, 5.74) is 4.72. The highest BCUT2D eigenvalue weighted by Gasteiger charge is 2.57. The van der Waals surface area contributed by atoms with Crippen LogP contribution in [0.5, 0.6) is 0 Å². The lowest BCUT2D eigenvalue weighted by Gasteiger charge is -2.56. The molecule has 0 heteroatoms. The monoisotopic (exact) mass is 256 g/mol. The SMILES string of the molecule is C=CC12C3=CC=CC1=CC=C1C=CC=C(C=C3)C12C=C. The molecular weight excluding hydrogens is 240 g/mol. The van der Waals surface area contributed by atoms with E-state index in [1.54, 1.807) is 0 Å². The zero-order chi connectivity index (χ0) is 13.8. The minimum atomic E-state index is -0.223. The Kier molecular flexibility index (Phi) is 2.07. The van der Waals surface area contributed by atoms with Gasteiger partial charge in [0.15, 0.2) is 0 Å². The molecule has 0 nitrogen and oxygen atoms in total. The second-order valence-corrected chi connectivity index (χ2v) is 5.56. The van der Waals surface area contributed by atoms with Gasteiger partial charge in [-0.1, -0.05) is 72.9 Å². The van der Waals surface area contributed by atoms with E-state index in [2.05, 4.69) is 86.1 Å². The van der Waals surface area contributed by atoms with Crippen LogP contribution in [0.25, 0.3) is 0 Å². The molecule has 2 unspecified atom stereocenters. The second kappa shape index (κ2) is 3.61. The molecule has 0 aliphatic heterocycles. The number of hydrogen-bond acceptors (Lipinski definition) is 0. The Bertz CT molecular complexity index is 679. The van der Waals surface area contributed by atoms with Crippen molar-refractivity contribution in [3.63, 3.8) is 0 Å². The van der Waals surface area contributed by atoms with Gasteiger partial charge in [-0.05, 0) is 22.3 Å². The van der Waals surface area contributed by atoms with Crippen LogP contribution < -0.4 is 0 Å². The summed E-state index contributed by atoms with van der Waals surface area (Å²) in [6, 6.07) is 0. The lowest BCUT2D eigenvalue weighted by atomic mass is 9.45. The third-order valence-electron chi connectivity index (χ3n) is 5.04. The second-order valence-electron chi connectivity index (χ2n) is 5.56. The maximum atomic E-state index is 4.19. The Labute approximate surface area is 119 Å². The fraction of sp³-hybridized carbons (Fsp3) is 0.100. The molecule has 0 radical (unpaired) electrons. The fourth-order valence-electron chi connectivity index (χ4n) is 4.18. The van der Waals surface area contributed by atoms with Crippen molar-refractivity contribution in [1.29, 1.82) is 0 Å². The lowest BCUT2D eigenvalue weighted by Crippen LogP contribution is -2.48. The van der Waals surface area contributed by atoms with E-state index >= 15 is 0 Å². The Hall–Kier alpha value is -2.34. The van der Waals surface area contributed by atoms with E-state index in [0.29, 0.717) is 0 Å². The molecule has 0 spiro atoms. The molecule has 0 amide bonds. The molecule has 0 bridgehead atoms. The predicted molar refractivity (Wildman–Crippen MR) is 85.0 cm³/mol. The molecule has 0 aromatic heterocycles. The molecule has 0 heterocycles. The fourth-order valence-corrected chi connectivity index (χ4v) is 4.18. The number of allylic oxidation sites excluding steroid dienone is 16. The summed E-state index contributed by atoms with van der Waals surface area (Å²) in [6.45, 7) is 8.37. The molecule has 0 N–H and O–H groups in total. The van der Waals surface area contributed by atoms with E-state index < -0.39 is 0 Å². The average molecular weight is 256 g/mol. The average Bonchev–Trinajstić information content (AvgIpc) is 2.52. The molecule has 0 fully saturated rings. The molecular formula is C20H16. The summed E-state index contributed by atoms with van der Waals surface area (Å²) in [5, 5.41) is 0. The number of rotatable bonds is 2. The van der Waals surface area contributed by atoms with Gasteiger partial charge in [0.2, 0.25) is 0 Å². The molecule has 4 aliphatic rings. The van der Waals surface area contributed by atoms with E-state index in [0.717, 1.165) is 0 Å². The first kappa shape index (κ1) is 11.5. The summed E-state index contributed by atoms with van der Waals surface area (Å²) in [5.74, 6) is 0. The molecule has 2 atom stereocenters. The van der Waals surface area contributed by atoms with Gasteiger partial charge in [-0.25, -0.2) is 0 Å². The Balaban J connectivity index is 2.21. The van der Waals surface area contributed by atoms with Gasteiger partial charge in [0.05, 0.1) is 10.8 Å². The molecule has 20 heavy (non-hydrogen) atoms. The maximum absolute atomic E-state index is 4.19. The summed E-state index contributed by atoms with van der Waals surface area (Å²) in [7, 11) is 0. The topological polar surface area (TPSA) is 0 Å². The minimum Gasteiger partial charge on any atom is -0.102 e. The van der Waals surface area contributed by atoms with Crippen molar-refractivity contribution in [1.82, 2.24) is 0 Å². The lowest BCUT2D eigenvalue weighted by molar-refractivity contribution is 0.333. The molecule has 4 rings (SSSR count). The van der Waals surface area contributed by atoms with Gasteiger partial charge in [0.1, 0.15) is 0 Å². The Morgan fingerprint density at radius 1 is 0.600 bits per heavy atom. The van der Waals surface area contributed by atoms with Crippen molar-refractivity contribution in [2.24, 2.45) is 10.8 Å². The van der Waals surface area contributed by atoms with E-state index in [9.17, 15) is 0 Å². The highest BCUT2D eigenvalue weighted by molar-refractivity contribution is 5.71. The maximum Gasteiger partial charge on any atom is 0.0551 e. The van der Waals surface area contributed by atoms with Crippen molar-refractivity contribution in [2.45, 2.75) is 0 Å². The van der Waals surface area contributed by atoms with E-state index in [1.807, 2.05) is 0 Å². The van der Waals surface area contributed by atoms with E-state index in [1.165, 1.54) is 22.3 Å². The third-order valence-corrected chi connectivity index (χ3v) is 5.04. The summed E-state index contributed by atoms with van der Waals surface area (Å²) >= 11 is 0. The van der Waals surface area contributed by atoms with Crippen LogP contribution in [0.4, 0.5) is 0 Å². The van der Waals surface area contributed by atoms with Crippen LogP contribution in [0.1, 0.15) is 0 Å². The van der Waals surface area contributed by atoms with Gasteiger partial charge in [0, 0.05) is 0 Å². The molecule has 0 saturated heterocycles. The smallest absolute Gasteiger partial charge is 0.0551 e. The van der Waals surface area contributed by atoms with Crippen LogP contribution in [-0.4, -0.2) is 0 Å². The summed E-state index contributed by atoms with van der Waals surface area (Å²) in [4.78, 5) is 0. The molecule has 96 valence electrons. The third kappa shape index (κ3) is 0.978. The van der Waals surface area contributed by atoms with Gasteiger partial charge < -0.3 is 0 Å². The number of hydrogen-bond donors (Lipinski definition) is 0. The predicted octanol–water partition coefficient (Wildman–Crippen LogP) is 4.76. The Morgan fingerprint density at radius 3 is 1.40 bits per heavy atom. The van der Waals surface area contributed by atoms with Gasteiger partial charge in [-0.3, -0.25) is 0 Å².